The normalized spacial score (nSPS) is 24.0. The number of benzene rings is 2. The van der Waals surface area contributed by atoms with Crippen LogP contribution in [-0.4, -0.2) is 32.1 Å². The van der Waals surface area contributed by atoms with Crippen LogP contribution in [-0.2, 0) is 4.79 Å². The summed E-state index contributed by atoms with van der Waals surface area (Å²) < 4.78 is 19.7. The van der Waals surface area contributed by atoms with Crippen LogP contribution >= 0.6 is 0 Å². The summed E-state index contributed by atoms with van der Waals surface area (Å²) in [5, 5.41) is 3.21. The molecule has 1 N–H and O–H groups in total. The molecule has 3 unspecified atom stereocenters. The van der Waals surface area contributed by atoms with Gasteiger partial charge in [0.2, 0.25) is 5.91 Å². The van der Waals surface area contributed by atoms with Crippen molar-refractivity contribution in [2.45, 2.75) is 38.1 Å². The maximum absolute atomic E-state index is 14.3. The van der Waals surface area contributed by atoms with Gasteiger partial charge >= 0.3 is 0 Å². The SMILES string of the molecule is COc1ccccc1C1CC1C(=O)NC1CCCN(c2cc(C)ccc2F)C1. The molecule has 2 aliphatic rings. The van der Waals surface area contributed by atoms with Gasteiger partial charge in [-0.15, -0.1) is 0 Å². The van der Waals surface area contributed by atoms with E-state index in [9.17, 15) is 9.18 Å². The Morgan fingerprint density at radius 3 is 2.89 bits per heavy atom. The summed E-state index contributed by atoms with van der Waals surface area (Å²) in [6.45, 7) is 3.44. The molecule has 28 heavy (non-hydrogen) atoms. The highest BCUT2D eigenvalue weighted by Gasteiger charge is 2.45. The number of methoxy groups -OCH3 is 1. The number of aryl methyl sites for hydroxylation is 1. The van der Waals surface area contributed by atoms with Crippen LogP contribution in [0.15, 0.2) is 42.5 Å². The number of amides is 1. The summed E-state index contributed by atoms with van der Waals surface area (Å²) in [7, 11) is 1.66. The van der Waals surface area contributed by atoms with E-state index in [1.165, 1.54) is 6.07 Å². The fourth-order valence-electron chi connectivity index (χ4n) is 4.29. The van der Waals surface area contributed by atoms with Crippen LogP contribution in [0.5, 0.6) is 5.75 Å². The average Bonchev–Trinajstić information content (AvgIpc) is 3.51. The monoisotopic (exact) mass is 382 g/mol. The second-order valence-corrected chi connectivity index (χ2v) is 7.94. The summed E-state index contributed by atoms with van der Waals surface area (Å²) in [6, 6.07) is 13.2. The number of nitrogens with one attached hydrogen (secondary N) is 1. The lowest BCUT2D eigenvalue weighted by Crippen LogP contribution is -2.48. The fourth-order valence-corrected chi connectivity index (χ4v) is 4.29. The molecule has 1 saturated heterocycles. The van der Waals surface area contributed by atoms with Crippen molar-refractivity contribution in [3.8, 4) is 5.75 Å². The first-order valence-electron chi connectivity index (χ1n) is 10.0. The quantitative estimate of drug-likeness (QED) is 0.849. The summed E-state index contributed by atoms with van der Waals surface area (Å²) in [4.78, 5) is 14.8. The van der Waals surface area contributed by atoms with Crippen LogP contribution < -0.4 is 15.0 Å². The van der Waals surface area contributed by atoms with Crippen molar-refractivity contribution in [3.63, 3.8) is 0 Å². The van der Waals surface area contributed by atoms with Gasteiger partial charge in [-0.05, 0) is 61.4 Å². The number of carbonyl (C=O) groups is 1. The van der Waals surface area contributed by atoms with Crippen LogP contribution in [0.25, 0.3) is 0 Å². The Kier molecular flexibility index (Phi) is 5.25. The van der Waals surface area contributed by atoms with Crippen LogP contribution in [0, 0.1) is 18.7 Å². The van der Waals surface area contributed by atoms with Crippen LogP contribution in [0.1, 0.15) is 36.3 Å². The number of halogens is 1. The number of piperidine rings is 1. The zero-order chi connectivity index (χ0) is 19.7. The van der Waals surface area contributed by atoms with Gasteiger partial charge in [0.15, 0.2) is 0 Å². The Morgan fingerprint density at radius 1 is 1.25 bits per heavy atom. The lowest BCUT2D eigenvalue weighted by Gasteiger charge is -2.35. The number of anilines is 1. The lowest BCUT2D eigenvalue weighted by molar-refractivity contribution is -0.123. The van der Waals surface area contributed by atoms with Crippen molar-refractivity contribution in [2.24, 2.45) is 5.92 Å². The van der Waals surface area contributed by atoms with Gasteiger partial charge in [0.25, 0.3) is 0 Å². The Hall–Kier alpha value is -2.56. The van der Waals surface area contributed by atoms with Crippen molar-refractivity contribution >= 4 is 11.6 Å². The summed E-state index contributed by atoms with van der Waals surface area (Å²) >= 11 is 0. The predicted octanol–water partition coefficient (Wildman–Crippen LogP) is 4.03. The molecule has 0 spiro atoms. The van der Waals surface area contributed by atoms with Crippen LogP contribution in [0.4, 0.5) is 10.1 Å². The van der Waals surface area contributed by atoms with E-state index < -0.39 is 0 Å². The minimum absolute atomic E-state index is 0.00221. The van der Waals surface area contributed by atoms with Crippen molar-refractivity contribution in [3.05, 3.63) is 59.4 Å². The van der Waals surface area contributed by atoms with Crippen LogP contribution in [0.2, 0.25) is 0 Å². The molecular weight excluding hydrogens is 355 g/mol. The van der Waals surface area contributed by atoms with Gasteiger partial charge in [-0.3, -0.25) is 4.79 Å². The second-order valence-electron chi connectivity index (χ2n) is 7.94. The minimum Gasteiger partial charge on any atom is -0.496 e. The van der Waals surface area contributed by atoms with Gasteiger partial charge in [-0.25, -0.2) is 4.39 Å². The molecule has 2 aromatic carbocycles. The Labute approximate surface area is 165 Å². The Morgan fingerprint density at radius 2 is 2.07 bits per heavy atom. The highest BCUT2D eigenvalue weighted by molar-refractivity contribution is 5.83. The number of rotatable bonds is 5. The number of hydrogen-bond acceptors (Lipinski definition) is 3. The van der Waals surface area contributed by atoms with Crippen molar-refractivity contribution < 1.29 is 13.9 Å². The molecule has 0 radical (unpaired) electrons. The van der Waals surface area contributed by atoms with Crippen molar-refractivity contribution in [1.29, 1.82) is 0 Å². The molecule has 1 saturated carbocycles. The predicted molar refractivity (Wildman–Crippen MR) is 108 cm³/mol. The average molecular weight is 382 g/mol. The molecule has 2 aromatic rings. The zero-order valence-corrected chi connectivity index (χ0v) is 16.5. The Bertz CT molecular complexity index is 869. The molecule has 1 heterocycles. The first-order valence-corrected chi connectivity index (χ1v) is 10.0. The molecular formula is C23H27FN2O2. The molecule has 1 aliphatic carbocycles. The van der Waals surface area contributed by atoms with Crippen molar-refractivity contribution in [1.82, 2.24) is 5.32 Å². The molecule has 2 fully saturated rings. The molecule has 5 heteroatoms. The van der Waals surface area contributed by atoms with Gasteiger partial charge in [0, 0.05) is 25.0 Å². The molecule has 4 rings (SSSR count). The van der Waals surface area contributed by atoms with E-state index in [1.54, 1.807) is 13.2 Å². The molecule has 4 nitrogen and oxygen atoms in total. The number of carbonyl (C=O) groups excluding carboxylic acids is 1. The topological polar surface area (TPSA) is 41.6 Å². The first-order chi connectivity index (χ1) is 13.6. The molecule has 0 aromatic heterocycles. The number of para-hydroxylation sites is 1. The maximum atomic E-state index is 14.3. The molecule has 148 valence electrons. The fraction of sp³-hybridized carbons (Fsp3) is 0.435. The molecule has 0 bridgehead atoms. The standard InChI is InChI=1S/C23H27FN2O2/c1-15-9-10-20(24)21(12-15)26-11-5-6-16(14-26)25-23(27)19-13-18(19)17-7-3-4-8-22(17)28-2/h3-4,7-10,12,16,18-19H,5-6,11,13-14H2,1-2H3,(H,25,27). The second kappa shape index (κ2) is 7.82. The summed E-state index contributed by atoms with van der Waals surface area (Å²) in [5.74, 6) is 0.984. The van der Waals surface area contributed by atoms with E-state index in [1.807, 2.05) is 37.3 Å². The lowest BCUT2D eigenvalue weighted by atomic mass is 10.0. The van der Waals surface area contributed by atoms with Gasteiger partial charge in [0.05, 0.1) is 12.8 Å². The largest absolute Gasteiger partial charge is 0.496 e. The number of hydrogen-bond donors (Lipinski definition) is 1. The van der Waals surface area contributed by atoms with E-state index in [4.69, 9.17) is 4.74 Å². The van der Waals surface area contributed by atoms with Crippen LogP contribution in [0.3, 0.4) is 0 Å². The third kappa shape index (κ3) is 3.84. The van der Waals surface area contributed by atoms with E-state index >= 15 is 0 Å². The van der Waals surface area contributed by atoms with E-state index in [2.05, 4.69) is 10.2 Å². The third-order valence-electron chi connectivity index (χ3n) is 5.88. The van der Waals surface area contributed by atoms with Gasteiger partial charge < -0.3 is 15.0 Å². The van der Waals surface area contributed by atoms with E-state index in [0.29, 0.717) is 12.2 Å². The first kappa shape index (κ1) is 18.8. The highest BCUT2D eigenvalue weighted by Crippen LogP contribution is 2.50. The zero-order valence-electron chi connectivity index (χ0n) is 16.5. The summed E-state index contributed by atoms with van der Waals surface area (Å²) in [5.41, 5.74) is 2.79. The maximum Gasteiger partial charge on any atom is 0.224 e. The van der Waals surface area contributed by atoms with Crippen molar-refractivity contribution in [2.75, 3.05) is 25.1 Å². The third-order valence-corrected chi connectivity index (χ3v) is 5.88. The number of ether oxygens (including phenoxy) is 1. The molecule has 1 aliphatic heterocycles. The summed E-state index contributed by atoms with van der Waals surface area (Å²) in [6.07, 6.45) is 2.73. The van der Waals surface area contributed by atoms with Gasteiger partial charge in [-0.1, -0.05) is 24.3 Å². The van der Waals surface area contributed by atoms with E-state index in [0.717, 1.165) is 42.7 Å². The van der Waals surface area contributed by atoms with Gasteiger partial charge in [0.1, 0.15) is 11.6 Å². The van der Waals surface area contributed by atoms with E-state index in [-0.39, 0.29) is 29.6 Å². The number of nitrogens with zero attached hydrogens (tertiary/aromatic N) is 1. The smallest absolute Gasteiger partial charge is 0.224 e. The molecule has 1 amide bonds. The minimum atomic E-state index is -0.198. The molecule has 3 atom stereocenters. The highest BCUT2D eigenvalue weighted by atomic mass is 19.1. The Balaban J connectivity index is 1.38. The van der Waals surface area contributed by atoms with Gasteiger partial charge in [-0.2, -0.15) is 0 Å².